The van der Waals surface area contributed by atoms with E-state index in [2.05, 4.69) is 9.88 Å². The van der Waals surface area contributed by atoms with Gasteiger partial charge in [-0.3, -0.25) is 4.72 Å². The van der Waals surface area contributed by atoms with Crippen LogP contribution in [0.3, 0.4) is 0 Å². The molecule has 142 valence electrons. The van der Waals surface area contributed by atoms with Gasteiger partial charge in [-0.2, -0.15) is 0 Å². The first kappa shape index (κ1) is 19.0. The molecular formula is C20H22N2O4S. The summed E-state index contributed by atoms with van der Waals surface area (Å²) in [5.74, 6) is 0.895. The predicted octanol–water partition coefficient (Wildman–Crippen LogP) is 4.38. The lowest BCUT2D eigenvalue weighted by atomic mass is 10.0. The maximum Gasteiger partial charge on any atom is 0.265 e. The van der Waals surface area contributed by atoms with Gasteiger partial charge in [0, 0.05) is 5.56 Å². The first-order valence-electron chi connectivity index (χ1n) is 8.44. The van der Waals surface area contributed by atoms with E-state index < -0.39 is 10.0 Å². The molecule has 0 radical (unpaired) electrons. The van der Waals surface area contributed by atoms with E-state index in [1.54, 1.807) is 31.2 Å². The van der Waals surface area contributed by atoms with Gasteiger partial charge >= 0.3 is 0 Å². The zero-order chi connectivity index (χ0) is 19.8. The Labute approximate surface area is 159 Å². The maximum absolute atomic E-state index is 13.1. The van der Waals surface area contributed by atoms with E-state index in [1.165, 1.54) is 7.11 Å². The van der Waals surface area contributed by atoms with Gasteiger partial charge in [-0.25, -0.2) is 8.42 Å². The third-order valence-electron chi connectivity index (χ3n) is 4.40. The topological polar surface area (TPSA) is 81.4 Å². The molecule has 1 N–H and O–H groups in total. The molecule has 0 saturated heterocycles. The number of methoxy groups -OCH3 is 1. The van der Waals surface area contributed by atoms with Crippen LogP contribution in [0.2, 0.25) is 0 Å². The van der Waals surface area contributed by atoms with Crippen molar-refractivity contribution in [2.45, 2.75) is 32.6 Å². The Bertz CT molecular complexity index is 1080. The van der Waals surface area contributed by atoms with Crippen LogP contribution in [0.25, 0.3) is 11.1 Å². The highest BCUT2D eigenvalue weighted by molar-refractivity contribution is 7.92. The lowest BCUT2D eigenvalue weighted by molar-refractivity contribution is 0.393. The smallest absolute Gasteiger partial charge is 0.265 e. The van der Waals surface area contributed by atoms with Crippen molar-refractivity contribution in [3.8, 4) is 16.9 Å². The lowest BCUT2D eigenvalue weighted by Crippen LogP contribution is -2.15. The van der Waals surface area contributed by atoms with Crippen molar-refractivity contribution in [2.75, 3.05) is 11.8 Å². The summed E-state index contributed by atoms with van der Waals surface area (Å²) < 4.78 is 39.3. The quantitative estimate of drug-likeness (QED) is 0.703. The molecule has 2 aromatic carbocycles. The Morgan fingerprint density at radius 3 is 2.37 bits per heavy atom. The van der Waals surface area contributed by atoms with E-state index in [4.69, 9.17) is 9.26 Å². The van der Waals surface area contributed by atoms with Crippen LogP contribution in [0.15, 0.2) is 45.8 Å². The first-order chi connectivity index (χ1) is 12.7. The van der Waals surface area contributed by atoms with Crippen LogP contribution in [-0.2, 0) is 10.0 Å². The van der Waals surface area contributed by atoms with Crippen LogP contribution in [0.1, 0.15) is 22.6 Å². The molecule has 7 heteroatoms. The Morgan fingerprint density at radius 2 is 1.78 bits per heavy atom. The van der Waals surface area contributed by atoms with E-state index >= 15 is 0 Å². The monoisotopic (exact) mass is 386 g/mol. The lowest BCUT2D eigenvalue weighted by Gasteiger charge is -2.15. The fourth-order valence-electron chi connectivity index (χ4n) is 3.07. The highest BCUT2D eigenvalue weighted by atomic mass is 32.2. The largest absolute Gasteiger partial charge is 0.495 e. The van der Waals surface area contributed by atoms with Crippen molar-refractivity contribution >= 4 is 15.7 Å². The number of nitrogens with zero attached hydrogens (tertiary/aromatic N) is 1. The molecule has 0 saturated carbocycles. The van der Waals surface area contributed by atoms with Crippen molar-refractivity contribution < 1.29 is 17.7 Å². The summed E-state index contributed by atoms with van der Waals surface area (Å²) >= 11 is 0. The second-order valence-electron chi connectivity index (χ2n) is 6.49. The van der Waals surface area contributed by atoms with Crippen LogP contribution in [0.5, 0.6) is 5.75 Å². The molecule has 3 rings (SSSR count). The number of aromatic nitrogens is 1. The SMILES string of the molecule is COc1ccc(-c2c(C)noc2C)cc1S(=O)(=O)Nc1ccc(C)cc1C. The molecule has 0 aliphatic heterocycles. The van der Waals surface area contributed by atoms with Gasteiger partial charge in [0.25, 0.3) is 10.0 Å². The number of hydrogen-bond acceptors (Lipinski definition) is 5. The van der Waals surface area contributed by atoms with Crippen LogP contribution in [0.4, 0.5) is 5.69 Å². The summed E-state index contributed by atoms with van der Waals surface area (Å²) in [6, 6.07) is 10.6. The molecule has 0 fully saturated rings. The molecule has 0 atom stereocenters. The molecule has 27 heavy (non-hydrogen) atoms. The van der Waals surface area contributed by atoms with E-state index in [1.807, 2.05) is 32.9 Å². The minimum atomic E-state index is -3.86. The highest BCUT2D eigenvalue weighted by Crippen LogP contribution is 2.34. The molecule has 6 nitrogen and oxygen atoms in total. The van der Waals surface area contributed by atoms with Gasteiger partial charge in [-0.05, 0) is 57.0 Å². The van der Waals surface area contributed by atoms with Gasteiger partial charge in [0.15, 0.2) is 0 Å². The molecule has 0 amide bonds. The summed E-state index contributed by atoms with van der Waals surface area (Å²) in [4.78, 5) is 0.0578. The van der Waals surface area contributed by atoms with E-state index in [9.17, 15) is 8.42 Å². The third-order valence-corrected chi connectivity index (χ3v) is 5.79. The van der Waals surface area contributed by atoms with Crippen LogP contribution in [-0.4, -0.2) is 20.7 Å². The zero-order valence-electron chi connectivity index (χ0n) is 16.0. The van der Waals surface area contributed by atoms with Crippen LogP contribution >= 0.6 is 0 Å². The number of sulfonamides is 1. The molecule has 0 aliphatic rings. The van der Waals surface area contributed by atoms with Crippen molar-refractivity contribution in [2.24, 2.45) is 0 Å². The predicted molar refractivity (Wildman–Crippen MR) is 105 cm³/mol. The van der Waals surface area contributed by atoms with Gasteiger partial charge in [-0.1, -0.05) is 28.9 Å². The Balaban J connectivity index is 2.09. The molecule has 1 heterocycles. The second-order valence-corrected chi connectivity index (χ2v) is 8.14. The summed E-state index contributed by atoms with van der Waals surface area (Å²) in [5.41, 5.74) is 4.62. The fraction of sp³-hybridized carbons (Fsp3) is 0.250. The Morgan fingerprint density at radius 1 is 1.04 bits per heavy atom. The van der Waals surface area contributed by atoms with Gasteiger partial charge in [0.2, 0.25) is 0 Å². The summed E-state index contributed by atoms with van der Waals surface area (Å²) in [5, 5.41) is 3.94. The standard InChI is InChI=1S/C20H22N2O4S/c1-12-6-8-17(13(2)10-12)22-27(23,24)19-11-16(7-9-18(19)25-5)20-14(3)21-26-15(20)4/h6-11,22H,1-5H3. The number of ether oxygens (including phenoxy) is 1. The van der Waals surface area contributed by atoms with E-state index in [0.717, 1.165) is 16.7 Å². The minimum absolute atomic E-state index is 0.0578. The highest BCUT2D eigenvalue weighted by Gasteiger charge is 2.23. The number of nitrogens with one attached hydrogen (secondary N) is 1. The summed E-state index contributed by atoms with van der Waals surface area (Å²) in [6.45, 7) is 7.43. The van der Waals surface area contributed by atoms with Gasteiger partial charge < -0.3 is 9.26 Å². The molecule has 0 bridgehead atoms. The number of anilines is 1. The third kappa shape index (κ3) is 3.68. The normalized spacial score (nSPS) is 11.4. The molecule has 3 aromatic rings. The maximum atomic E-state index is 13.1. The number of rotatable bonds is 5. The van der Waals surface area contributed by atoms with Crippen molar-refractivity contribution in [3.63, 3.8) is 0 Å². The average Bonchev–Trinajstić information content (AvgIpc) is 2.95. The summed E-state index contributed by atoms with van der Waals surface area (Å²) in [6.07, 6.45) is 0. The molecular weight excluding hydrogens is 364 g/mol. The zero-order valence-corrected chi connectivity index (χ0v) is 16.8. The molecule has 0 unspecified atom stereocenters. The average molecular weight is 386 g/mol. The Hall–Kier alpha value is -2.80. The van der Waals surface area contributed by atoms with Gasteiger partial charge in [-0.15, -0.1) is 0 Å². The van der Waals surface area contributed by atoms with Crippen LogP contribution in [0, 0.1) is 27.7 Å². The van der Waals surface area contributed by atoms with E-state index in [-0.39, 0.29) is 10.6 Å². The fourth-order valence-corrected chi connectivity index (χ4v) is 4.39. The van der Waals surface area contributed by atoms with E-state index in [0.29, 0.717) is 22.7 Å². The molecule has 0 spiro atoms. The Kier molecular flexibility index (Phi) is 4.97. The van der Waals surface area contributed by atoms with Crippen LogP contribution < -0.4 is 9.46 Å². The van der Waals surface area contributed by atoms with Crippen molar-refractivity contribution in [3.05, 3.63) is 59.0 Å². The second kappa shape index (κ2) is 7.08. The number of hydrogen-bond donors (Lipinski definition) is 1. The van der Waals surface area contributed by atoms with Crippen molar-refractivity contribution in [1.29, 1.82) is 0 Å². The first-order valence-corrected chi connectivity index (χ1v) is 9.92. The van der Waals surface area contributed by atoms with Gasteiger partial charge in [0.05, 0.1) is 18.5 Å². The summed E-state index contributed by atoms with van der Waals surface area (Å²) in [7, 11) is -2.41. The minimum Gasteiger partial charge on any atom is -0.495 e. The molecule has 0 aliphatic carbocycles. The van der Waals surface area contributed by atoms with Crippen molar-refractivity contribution in [1.82, 2.24) is 5.16 Å². The number of aryl methyl sites for hydroxylation is 4. The number of benzene rings is 2. The van der Waals surface area contributed by atoms with Gasteiger partial charge in [0.1, 0.15) is 16.4 Å². The molecule has 1 aromatic heterocycles.